The van der Waals surface area contributed by atoms with E-state index in [1.54, 1.807) is 26.2 Å². The molecule has 8 heteroatoms. The zero-order chi connectivity index (χ0) is 20.7. The summed E-state index contributed by atoms with van der Waals surface area (Å²) in [4.78, 5) is 12.3. The van der Waals surface area contributed by atoms with Gasteiger partial charge in [-0.15, -0.1) is 0 Å². The second-order valence-electron chi connectivity index (χ2n) is 6.28. The molecule has 1 amide bonds. The highest BCUT2D eigenvalue weighted by molar-refractivity contribution is 7.89. The molecule has 2 rings (SSSR count). The van der Waals surface area contributed by atoms with Crippen molar-refractivity contribution in [3.63, 3.8) is 0 Å². The van der Waals surface area contributed by atoms with Gasteiger partial charge in [0, 0.05) is 26.2 Å². The van der Waals surface area contributed by atoms with Crippen molar-refractivity contribution in [2.75, 3.05) is 33.1 Å². The van der Waals surface area contributed by atoms with Gasteiger partial charge in [0.2, 0.25) is 15.9 Å². The molecule has 0 saturated heterocycles. The summed E-state index contributed by atoms with van der Waals surface area (Å²) in [6, 6.07) is 12.1. The summed E-state index contributed by atoms with van der Waals surface area (Å²) < 4.78 is 36.8. The zero-order valence-corrected chi connectivity index (χ0v) is 17.4. The Balaban J connectivity index is 2.13. The van der Waals surface area contributed by atoms with Crippen LogP contribution in [0.3, 0.4) is 0 Å². The van der Waals surface area contributed by atoms with E-state index >= 15 is 0 Å². The molecule has 0 aliphatic heterocycles. The monoisotopic (exact) mass is 406 g/mol. The fraction of sp³-hybridized carbons (Fsp3) is 0.350. The van der Waals surface area contributed by atoms with Gasteiger partial charge in [-0.3, -0.25) is 4.79 Å². The number of aryl methyl sites for hydroxylation is 1. The second kappa shape index (κ2) is 9.57. The molecule has 2 aromatic carbocycles. The molecular weight excluding hydrogens is 380 g/mol. The fourth-order valence-electron chi connectivity index (χ4n) is 2.57. The van der Waals surface area contributed by atoms with E-state index in [2.05, 4.69) is 5.32 Å². The molecule has 28 heavy (non-hydrogen) atoms. The van der Waals surface area contributed by atoms with E-state index in [0.717, 1.165) is 15.6 Å². The van der Waals surface area contributed by atoms with Crippen molar-refractivity contribution in [2.24, 2.45) is 0 Å². The van der Waals surface area contributed by atoms with Gasteiger partial charge < -0.3 is 14.8 Å². The first-order chi connectivity index (χ1) is 13.3. The Morgan fingerprint density at radius 3 is 2.54 bits per heavy atom. The van der Waals surface area contributed by atoms with Gasteiger partial charge in [-0.05, 0) is 49.2 Å². The molecule has 7 nitrogen and oxygen atoms in total. The second-order valence-corrected chi connectivity index (χ2v) is 8.40. The summed E-state index contributed by atoms with van der Waals surface area (Å²) in [6.45, 7) is 2.11. The van der Waals surface area contributed by atoms with Crippen molar-refractivity contribution in [3.05, 3.63) is 48.0 Å². The van der Waals surface area contributed by atoms with Crippen LogP contribution in [0, 0.1) is 0 Å². The maximum Gasteiger partial charge on any atom is 0.246 e. The molecule has 0 aliphatic carbocycles. The van der Waals surface area contributed by atoms with Gasteiger partial charge in [-0.25, -0.2) is 12.7 Å². The topological polar surface area (TPSA) is 84.9 Å². The number of hydrogen-bond acceptors (Lipinski definition) is 5. The van der Waals surface area contributed by atoms with Crippen LogP contribution in [0.4, 0.5) is 5.69 Å². The lowest BCUT2D eigenvalue weighted by Crippen LogP contribution is -2.23. The minimum atomic E-state index is -3.71. The van der Waals surface area contributed by atoms with Crippen LogP contribution in [0.5, 0.6) is 11.5 Å². The number of methoxy groups -OCH3 is 1. The average molecular weight is 407 g/mol. The van der Waals surface area contributed by atoms with Crippen LogP contribution >= 0.6 is 0 Å². The number of carbonyl (C=O) groups is 1. The summed E-state index contributed by atoms with van der Waals surface area (Å²) >= 11 is 0. The van der Waals surface area contributed by atoms with Crippen LogP contribution < -0.4 is 14.8 Å². The number of rotatable bonds is 9. The van der Waals surface area contributed by atoms with Crippen molar-refractivity contribution in [3.8, 4) is 11.5 Å². The quantitative estimate of drug-likeness (QED) is 0.692. The minimum absolute atomic E-state index is 0.0185. The normalized spacial score (nSPS) is 11.3. The van der Waals surface area contributed by atoms with Crippen LogP contribution in [0.2, 0.25) is 0 Å². The van der Waals surface area contributed by atoms with E-state index in [9.17, 15) is 13.2 Å². The fourth-order valence-corrected chi connectivity index (χ4v) is 3.62. The third-order valence-corrected chi connectivity index (χ3v) is 5.90. The Kier molecular flexibility index (Phi) is 7.42. The SMILES string of the molecule is CCOc1ccc(NC(=O)CCc2cccc(OC)c2)cc1S(=O)(=O)N(C)C. The highest BCUT2D eigenvalue weighted by Crippen LogP contribution is 2.29. The minimum Gasteiger partial charge on any atom is -0.497 e. The highest BCUT2D eigenvalue weighted by atomic mass is 32.2. The number of hydrogen-bond donors (Lipinski definition) is 1. The Morgan fingerprint density at radius 1 is 1.14 bits per heavy atom. The third-order valence-electron chi connectivity index (χ3n) is 4.06. The molecule has 0 radical (unpaired) electrons. The highest BCUT2D eigenvalue weighted by Gasteiger charge is 2.23. The molecular formula is C20H26N2O5S. The molecule has 1 N–H and O–H groups in total. The lowest BCUT2D eigenvalue weighted by molar-refractivity contribution is -0.116. The molecule has 0 fully saturated rings. The van der Waals surface area contributed by atoms with Crippen molar-refractivity contribution < 1.29 is 22.7 Å². The third kappa shape index (κ3) is 5.46. The standard InChI is InChI=1S/C20H26N2O5S/c1-5-27-18-11-10-16(14-19(18)28(24,25)22(2)3)21-20(23)12-9-15-7-6-8-17(13-15)26-4/h6-8,10-11,13-14H,5,9,12H2,1-4H3,(H,21,23). The Hall–Kier alpha value is -2.58. The molecule has 0 atom stereocenters. The summed E-state index contributed by atoms with van der Waals surface area (Å²) in [5, 5.41) is 2.75. The van der Waals surface area contributed by atoms with Gasteiger partial charge in [-0.2, -0.15) is 0 Å². The number of carbonyl (C=O) groups excluding carboxylic acids is 1. The number of nitrogens with zero attached hydrogens (tertiary/aromatic N) is 1. The number of sulfonamides is 1. The summed E-state index contributed by atoms with van der Waals surface area (Å²) in [6.07, 6.45) is 0.805. The molecule has 152 valence electrons. The van der Waals surface area contributed by atoms with Crippen LogP contribution in [0.25, 0.3) is 0 Å². The van der Waals surface area contributed by atoms with Crippen LogP contribution in [0.1, 0.15) is 18.9 Å². The maximum absolute atomic E-state index is 12.6. The largest absolute Gasteiger partial charge is 0.497 e. The Morgan fingerprint density at radius 2 is 1.89 bits per heavy atom. The number of amides is 1. The molecule has 0 saturated carbocycles. The number of nitrogens with one attached hydrogen (secondary N) is 1. The molecule has 0 heterocycles. The summed E-state index contributed by atoms with van der Waals surface area (Å²) in [7, 11) is 0.784. The van der Waals surface area contributed by atoms with Crippen molar-refractivity contribution in [2.45, 2.75) is 24.7 Å². The predicted octanol–water partition coefficient (Wildman–Crippen LogP) is 2.92. The van der Waals surface area contributed by atoms with E-state index < -0.39 is 10.0 Å². The number of benzene rings is 2. The molecule has 2 aromatic rings. The first-order valence-electron chi connectivity index (χ1n) is 8.90. The lowest BCUT2D eigenvalue weighted by Gasteiger charge is -2.16. The summed E-state index contributed by atoms with van der Waals surface area (Å²) in [5.41, 5.74) is 1.39. The average Bonchev–Trinajstić information content (AvgIpc) is 2.67. The predicted molar refractivity (Wildman–Crippen MR) is 108 cm³/mol. The van der Waals surface area contributed by atoms with Gasteiger partial charge in [0.15, 0.2) is 0 Å². The Labute approximate surface area is 166 Å². The van der Waals surface area contributed by atoms with Gasteiger partial charge in [0.1, 0.15) is 16.4 Å². The van der Waals surface area contributed by atoms with Crippen LogP contribution in [-0.4, -0.2) is 46.4 Å². The van der Waals surface area contributed by atoms with Gasteiger partial charge >= 0.3 is 0 Å². The zero-order valence-electron chi connectivity index (χ0n) is 16.6. The first kappa shape index (κ1) is 21.7. The number of ether oxygens (including phenoxy) is 2. The lowest BCUT2D eigenvalue weighted by atomic mass is 10.1. The molecule has 0 bridgehead atoms. The molecule has 0 spiro atoms. The van der Waals surface area contributed by atoms with Gasteiger partial charge in [0.05, 0.1) is 13.7 Å². The van der Waals surface area contributed by atoms with Crippen molar-refractivity contribution >= 4 is 21.6 Å². The van der Waals surface area contributed by atoms with E-state index in [0.29, 0.717) is 18.7 Å². The van der Waals surface area contributed by atoms with E-state index in [-0.39, 0.29) is 23.0 Å². The molecule has 0 aromatic heterocycles. The Bertz CT molecular complexity index is 926. The maximum atomic E-state index is 12.6. The van der Waals surface area contributed by atoms with Gasteiger partial charge in [-0.1, -0.05) is 12.1 Å². The number of anilines is 1. The van der Waals surface area contributed by atoms with Crippen LogP contribution in [-0.2, 0) is 21.2 Å². The van der Waals surface area contributed by atoms with Crippen molar-refractivity contribution in [1.29, 1.82) is 0 Å². The summed E-state index contributed by atoms with van der Waals surface area (Å²) in [5.74, 6) is 0.786. The van der Waals surface area contributed by atoms with E-state index in [1.165, 1.54) is 20.2 Å². The smallest absolute Gasteiger partial charge is 0.246 e. The molecule has 0 aliphatic rings. The van der Waals surface area contributed by atoms with E-state index in [4.69, 9.17) is 9.47 Å². The van der Waals surface area contributed by atoms with Crippen LogP contribution in [0.15, 0.2) is 47.4 Å². The van der Waals surface area contributed by atoms with Gasteiger partial charge in [0.25, 0.3) is 0 Å². The van der Waals surface area contributed by atoms with E-state index in [1.807, 2.05) is 24.3 Å². The molecule has 0 unspecified atom stereocenters. The van der Waals surface area contributed by atoms with Crippen molar-refractivity contribution in [1.82, 2.24) is 4.31 Å². The first-order valence-corrected chi connectivity index (χ1v) is 10.3.